The molecule has 0 fully saturated rings. The lowest BCUT2D eigenvalue weighted by Gasteiger charge is -2.38. The molecule has 5 nitrogen and oxygen atoms in total. The van der Waals surface area contributed by atoms with E-state index in [1.54, 1.807) is 6.92 Å². The van der Waals surface area contributed by atoms with Crippen molar-refractivity contribution in [3.05, 3.63) is 53.7 Å². The molecular weight excluding hydrogens is 404 g/mol. The summed E-state index contributed by atoms with van der Waals surface area (Å²) in [5, 5.41) is 2.40. The van der Waals surface area contributed by atoms with Crippen molar-refractivity contribution in [1.82, 2.24) is 10.3 Å². The van der Waals surface area contributed by atoms with Crippen molar-refractivity contribution in [2.75, 3.05) is 11.9 Å². The van der Waals surface area contributed by atoms with E-state index in [-0.39, 0.29) is 18.1 Å². The van der Waals surface area contributed by atoms with Gasteiger partial charge in [0.2, 0.25) is 0 Å². The van der Waals surface area contributed by atoms with Crippen LogP contribution in [0.3, 0.4) is 0 Å². The highest BCUT2D eigenvalue weighted by molar-refractivity contribution is 5.97. The molecule has 0 unspecified atom stereocenters. The molecule has 1 heterocycles. The van der Waals surface area contributed by atoms with Crippen LogP contribution in [0.5, 0.6) is 5.75 Å². The number of aromatic nitrogens is 1. The maximum atomic E-state index is 13.7. The number of amides is 1. The second-order valence-electron chi connectivity index (χ2n) is 5.92. The van der Waals surface area contributed by atoms with E-state index in [0.29, 0.717) is 0 Å². The van der Waals surface area contributed by atoms with Crippen LogP contribution in [0.25, 0.3) is 0 Å². The SMILES string of the molecule is CCOc1ccccc1C(=O)NC(Nc1cccc(C)n1)(C(F)(F)F)C(F)(F)F. The summed E-state index contributed by atoms with van der Waals surface area (Å²) >= 11 is 0. The average molecular weight is 421 g/mol. The number of benzene rings is 1. The summed E-state index contributed by atoms with van der Waals surface area (Å²) in [6.07, 6.45) is -11.9. The lowest BCUT2D eigenvalue weighted by molar-refractivity contribution is -0.294. The van der Waals surface area contributed by atoms with Gasteiger partial charge in [-0.15, -0.1) is 0 Å². The zero-order valence-electron chi connectivity index (χ0n) is 15.3. The van der Waals surface area contributed by atoms with E-state index < -0.39 is 35.3 Å². The van der Waals surface area contributed by atoms with Gasteiger partial charge in [0.1, 0.15) is 11.6 Å². The number of hydrogen-bond acceptors (Lipinski definition) is 4. The van der Waals surface area contributed by atoms with Gasteiger partial charge in [0.25, 0.3) is 5.91 Å². The van der Waals surface area contributed by atoms with Crippen molar-refractivity contribution < 1.29 is 35.9 Å². The first-order valence-corrected chi connectivity index (χ1v) is 8.31. The van der Waals surface area contributed by atoms with E-state index in [4.69, 9.17) is 4.74 Å². The minimum absolute atomic E-state index is 0.0550. The van der Waals surface area contributed by atoms with E-state index in [9.17, 15) is 31.1 Å². The molecule has 0 aliphatic rings. The van der Waals surface area contributed by atoms with Crippen LogP contribution in [0.15, 0.2) is 42.5 Å². The number of nitrogens with one attached hydrogen (secondary N) is 2. The maximum Gasteiger partial charge on any atom is 0.439 e. The van der Waals surface area contributed by atoms with Crippen molar-refractivity contribution in [1.29, 1.82) is 0 Å². The predicted molar refractivity (Wildman–Crippen MR) is 92.5 cm³/mol. The number of ether oxygens (including phenoxy) is 1. The number of nitrogens with zero attached hydrogens (tertiary/aromatic N) is 1. The lowest BCUT2D eigenvalue weighted by Crippen LogP contribution is -2.72. The van der Waals surface area contributed by atoms with Crippen molar-refractivity contribution in [2.45, 2.75) is 31.9 Å². The first kappa shape index (κ1) is 22.3. The van der Waals surface area contributed by atoms with E-state index in [0.717, 1.165) is 17.4 Å². The number of anilines is 1. The Hall–Kier alpha value is -2.98. The van der Waals surface area contributed by atoms with Gasteiger partial charge in [-0.05, 0) is 38.1 Å². The highest BCUT2D eigenvalue weighted by Crippen LogP contribution is 2.43. The highest BCUT2D eigenvalue weighted by atomic mass is 19.4. The van der Waals surface area contributed by atoms with Crippen LogP contribution in [-0.2, 0) is 0 Å². The monoisotopic (exact) mass is 421 g/mol. The van der Waals surface area contributed by atoms with Gasteiger partial charge in [0.05, 0.1) is 12.2 Å². The molecule has 29 heavy (non-hydrogen) atoms. The molecule has 1 aromatic heterocycles. The molecule has 0 saturated carbocycles. The van der Waals surface area contributed by atoms with E-state index in [2.05, 4.69) is 4.98 Å². The third-order valence-corrected chi connectivity index (χ3v) is 3.79. The van der Waals surface area contributed by atoms with Gasteiger partial charge >= 0.3 is 18.0 Å². The van der Waals surface area contributed by atoms with Crippen molar-refractivity contribution in [3.63, 3.8) is 0 Å². The molecule has 0 aliphatic carbocycles. The zero-order chi connectivity index (χ0) is 21.9. The quantitative estimate of drug-likeness (QED) is 0.534. The van der Waals surface area contributed by atoms with Gasteiger partial charge in [-0.1, -0.05) is 18.2 Å². The topological polar surface area (TPSA) is 63.2 Å². The Balaban J connectivity index is 2.54. The Morgan fingerprint density at radius 2 is 1.62 bits per heavy atom. The molecule has 2 N–H and O–H groups in total. The molecule has 11 heteroatoms. The fourth-order valence-corrected chi connectivity index (χ4v) is 2.45. The molecule has 158 valence electrons. The fourth-order valence-electron chi connectivity index (χ4n) is 2.45. The van der Waals surface area contributed by atoms with E-state index in [1.807, 2.05) is 0 Å². The summed E-state index contributed by atoms with van der Waals surface area (Å²) in [4.78, 5) is 16.1. The highest BCUT2D eigenvalue weighted by Gasteiger charge is 2.73. The van der Waals surface area contributed by atoms with E-state index >= 15 is 0 Å². The number of carbonyl (C=O) groups is 1. The van der Waals surface area contributed by atoms with Crippen LogP contribution < -0.4 is 15.4 Å². The molecule has 2 rings (SSSR count). The Kier molecular flexibility index (Phi) is 6.29. The average Bonchev–Trinajstić information content (AvgIpc) is 2.60. The van der Waals surface area contributed by atoms with Crippen molar-refractivity contribution >= 4 is 11.7 Å². The van der Waals surface area contributed by atoms with Gasteiger partial charge in [-0.25, -0.2) is 4.98 Å². The second-order valence-corrected chi connectivity index (χ2v) is 5.92. The number of aryl methyl sites for hydroxylation is 1. The molecule has 1 aromatic carbocycles. The molecular formula is C18H17F6N3O2. The predicted octanol–water partition coefficient (Wildman–Crippen LogP) is 4.45. The van der Waals surface area contributed by atoms with Crippen molar-refractivity contribution in [3.8, 4) is 5.75 Å². The van der Waals surface area contributed by atoms with Gasteiger partial charge in [0, 0.05) is 5.69 Å². The molecule has 0 radical (unpaired) electrons. The molecule has 2 aromatic rings. The standard InChI is InChI=1S/C18H17F6N3O2/c1-3-29-13-9-5-4-8-12(13)15(28)27-16(17(19,20)21,18(22,23)24)26-14-10-6-7-11(2)25-14/h4-10H,3H2,1-2H3,(H,25,26)(H,27,28). The minimum atomic E-state index is -5.95. The number of carbonyl (C=O) groups excluding carboxylic acids is 1. The third-order valence-electron chi connectivity index (χ3n) is 3.79. The van der Waals surface area contributed by atoms with Gasteiger partial charge in [-0.2, -0.15) is 26.3 Å². The number of rotatable bonds is 6. The van der Waals surface area contributed by atoms with Crippen LogP contribution in [-0.4, -0.2) is 35.5 Å². The Morgan fingerprint density at radius 3 is 2.17 bits per heavy atom. The summed E-state index contributed by atoms with van der Waals surface area (Å²) in [6, 6.07) is 8.59. The molecule has 0 aliphatic heterocycles. The number of pyridine rings is 1. The number of alkyl halides is 6. The molecule has 0 bridgehead atoms. The summed E-state index contributed by atoms with van der Waals surface area (Å²) in [7, 11) is 0. The number of halogens is 6. The van der Waals surface area contributed by atoms with Crippen LogP contribution in [0.4, 0.5) is 32.2 Å². The lowest BCUT2D eigenvalue weighted by atomic mass is 10.1. The Bertz CT molecular complexity index is 853. The first-order chi connectivity index (χ1) is 13.4. The largest absolute Gasteiger partial charge is 0.493 e. The molecule has 1 amide bonds. The van der Waals surface area contributed by atoms with Crippen molar-refractivity contribution in [2.24, 2.45) is 0 Å². The summed E-state index contributed by atoms with van der Waals surface area (Å²) in [5.74, 6) is -2.48. The maximum absolute atomic E-state index is 13.7. The van der Waals surface area contributed by atoms with Crippen LogP contribution >= 0.6 is 0 Å². The Labute approximate surface area is 162 Å². The minimum Gasteiger partial charge on any atom is -0.493 e. The Morgan fingerprint density at radius 1 is 1.00 bits per heavy atom. The molecule has 0 spiro atoms. The second kappa shape index (κ2) is 8.18. The van der Waals surface area contributed by atoms with Crippen LogP contribution in [0, 0.1) is 6.92 Å². The molecule has 0 saturated heterocycles. The van der Waals surface area contributed by atoms with Crippen LogP contribution in [0.1, 0.15) is 23.0 Å². The number of para-hydroxylation sites is 1. The normalized spacial score (nSPS) is 12.4. The third kappa shape index (κ3) is 4.72. The van der Waals surface area contributed by atoms with Crippen LogP contribution in [0.2, 0.25) is 0 Å². The smallest absolute Gasteiger partial charge is 0.439 e. The van der Waals surface area contributed by atoms with E-state index in [1.165, 1.54) is 42.6 Å². The summed E-state index contributed by atoms with van der Waals surface area (Å²) < 4.78 is 87.5. The zero-order valence-corrected chi connectivity index (χ0v) is 15.3. The first-order valence-electron chi connectivity index (χ1n) is 8.31. The van der Waals surface area contributed by atoms with Gasteiger partial charge < -0.3 is 15.4 Å². The summed E-state index contributed by atoms with van der Waals surface area (Å²) in [5.41, 5.74) is -5.08. The van der Waals surface area contributed by atoms with Gasteiger partial charge in [0.15, 0.2) is 0 Å². The van der Waals surface area contributed by atoms with Gasteiger partial charge in [-0.3, -0.25) is 4.79 Å². The summed E-state index contributed by atoms with van der Waals surface area (Å²) in [6.45, 7) is 3.00. The number of hydrogen-bond donors (Lipinski definition) is 2. The molecule has 0 atom stereocenters. The fraction of sp³-hybridized carbons (Fsp3) is 0.333.